The molecule has 0 fully saturated rings. The van der Waals surface area contributed by atoms with Crippen LogP contribution in [0.3, 0.4) is 0 Å². The van der Waals surface area contributed by atoms with Gasteiger partial charge in [-0.3, -0.25) is 0 Å². The number of nitrogens with one attached hydrogen (secondary N) is 1. The van der Waals surface area contributed by atoms with Gasteiger partial charge in [0.05, 0.1) is 5.02 Å². The van der Waals surface area contributed by atoms with Crippen LogP contribution in [0.25, 0.3) is 0 Å². The van der Waals surface area contributed by atoms with Gasteiger partial charge in [0.2, 0.25) is 0 Å². The minimum Gasteiger partial charge on any atom is -0.487 e. The van der Waals surface area contributed by atoms with Gasteiger partial charge in [-0.1, -0.05) is 27.5 Å². The number of hydrogen-bond donors (Lipinski definition) is 1. The third-order valence-corrected chi connectivity index (χ3v) is 3.26. The average Bonchev–Trinajstić information content (AvgIpc) is 2.38. The Morgan fingerprint density at radius 1 is 1.32 bits per heavy atom. The summed E-state index contributed by atoms with van der Waals surface area (Å²) in [6.07, 6.45) is 1.76. The predicted octanol–water partition coefficient (Wildman–Crippen LogP) is 4.51. The molecule has 0 spiro atoms. The topological polar surface area (TPSA) is 34.1 Å². The van der Waals surface area contributed by atoms with E-state index < -0.39 is 0 Å². The van der Waals surface area contributed by atoms with E-state index in [4.69, 9.17) is 16.3 Å². The lowest BCUT2D eigenvalue weighted by Crippen LogP contribution is -2.01. The molecule has 5 heteroatoms. The molecule has 0 aliphatic rings. The smallest absolute Gasteiger partial charge is 0.138 e. The van der Waals surface area contributed by atoms with Gasteiger partial charge in [0.15, 0.2) is 0 Å². The van der Waals surface area contributed by atoms with E-state index in [-0.39, 0.29) is 0 Å². The Morgan fingerprint density at radius 3 is 2.89 bits per heavy atom. The van der Waals surface area contributed by atoms with Crippen LogP contribution in [0.15, 0.2) is 41.0 Å². The fourth-order valence-corrected chi connectivity index (χ4v) is 2.32. The normalized spacial score (nSPS) is 10.3. The third-order valence-electron chi connectivity index (χ3n) is 2.47. The number of ether oxygens (including phenoxy) is 1. The minimum atomic E-state index is 0.461. The average molecular weight is 342 g/mol. The molecule has 2 rings (SSSR count). The fraction of sp³-hybridized carbons (Fsp3) is 0.214. The zero-order valence-electron chi connectivity index (χ0n) is 10.5. The summed E-state index contributed by atoms with van der Waals surface area (Å²) in [5, 5.41) is 3.76. The van der Waals surface area contributed by atoms with E-state index in [1.807, 2.05) is 37.3 Å². The largest absolute Gasteiger partial charge is 0.487 e. The number of rotatable bonds is 5. The van der Waals surface area contributed by atoms with E-state index in [2.05, 4.69) is 26.2 Å². The Labute approximate surface area is 126 Å². The van der Waals surface area contributed by atoms with Crippen molar-refractivity contribution in [3.8, 4) is 5.75 Å². The molecule has 3 nitrogen and oxygen atoms in total. The van der Waals surface area contributed by atoms with Gasteiger partial charge in [-0.25, -0.2) is 4.98 Å². The summed E-state index contributed by atoms with van der Waals surface area (Å²) in [7, 11) is 0. The van der Waals surface area contributed by atoms with Crippen LogP contribution in [-0.4, -0.2) is 11.5 Å². The van der Waals surface area contributed by atoms with Crippen molar-refractivity contribution >= 4 is 33.3 Å². The van der Waals surface area contributed by atoms with Crippen molar-refractivity contribution in [1.82, 2.24) is 4.98 Å². The van der Waals surface area contributed by atoms with Crippen LogP contribution in [0.2, 0.25) is 5.02 Å². The van der Waals surface area contributed by atoms with E-state index in [1.165, 1.54) is 0 Å². The number of nitrogens with zero attached hydrogens (tertiary/aromatic N) is 1. The SMILES string of the molecule is CCNc1cc(COc2ccc(Br)cc2Cl)ccn1. The van der Waals surface area contributed by atoms with Gasteiger partial charge in [-0.05, 0) is 42.8 Å². The molecule has 0 aliphatic carbocycles. The molecule has 1 aromatic carbocycles. The molecule has 0 atom stereocenters. The summed E-state index contributed by atoms with van der Waals surface area (Å²) < 4.78 is 6.64. The van der Waals surface area contributed by atoms with E-state index in [9.17, 15) is 0 Å². The Kier molecular flexibility index (Phi) is 5.05. The summed E-state index contributed by atoms with van der Waals surface area (Å²) >= 11 is 9.46. The Hall–Kier alpha value is -1.26. The van der Waals surface area contributed by atoms with Crippen LogP contribution in [0, 0.1) is 0 Å². The third kappa shape index (κ3) is 4.11. The minimum absolute atomic E-state index is 0.461. The van der Waals surface area contributed by atoms with Gasteiger partial charge in [-0.15, -0.1) is 0 Å². The fourth-order valence-electron chi connectivity index (χ4n) is 1.60. The van der Waals surface area contributed by atoms with Gasteiger partial charge >= 0.3 is 0 Å². The van der Waals surface area contributed by atoms with E-state index in [0.29, 0.717) is 17.4 Å². The lowest BCUT2D eigenvalue weighted by Gasteiger charge is -2.09. The standard InChI is InChI=1S/C14H14BrClN2O/c1-2-17-14-7-10(5-6-18-14)9-19-13-4-3-11(15)8-12(13)16/h3-8H,2,9H2,1H3,(H,17,18). The highest BCUT2D eigenvalue weighted by molar-refractivity contribution is 9.10. The number of aromatic nitrogens is 1. The molecule has 0 radical (unpaired) electrons. The van der Waals surface area contributed by atoms with Crippen LogP contribution < -0.4 is 10.1 Å². The highest BCUT2D eigenvalue weighted by Gasteiger charge is 2.03. The summed E-state index contributed by atoms with van der Waals surface area (Å²) in [4.78, 5) is 4.21. The maximum absolute atomic E-state index is 6.10. The number of pyridine rings is 1. The second kappa shape index (κ2) is 6.78. The number of benzene rings is 1. The molecule has 1 heterocycles. The molecule has 100 valence electrons. The zero-order chi connectivity index (χ0) is 13.7. The van der Waals surface area contributed by atoms with Gasteiger partial charge in [0, 0.05) is 17.2 Å². The maximum Gasteiger partial charge on any atom is 0.138 e. The van der Waals surface area contributed by atoms with Crippen molar-refractivity contribution in [2.75, 3.05) is 11.9 Å². The molecular formula is C14H14BrClN2O. The summed E-state index contributed by atoms with van der Waals surface area (Å²) in [6.45, 7) is 3.34. The Morgan fingerprint density at radius 2 is 2.16 bits per heavy atom. The summed E-state index contributed by atoms with van der Waals surface area (Å²) in [5.74, 6) is 1.53. The van der Waals surface area contributed by atoms with Gasteiger partial charge < -0.3 is 10.1 Å². The second-order valence-corrected chi connectivity index (χ2v) is 5.27. The van der Waals surface area contributed by atoms with Crippen molar-refractivity contribution in [2.45, 2.75) is 13.5 Å². The van der Waals surface area contributed by atoms with Gasteiger partial charge in [0.1, 0.15) is 18.2 Å². The molecule has 0 saturated carbocycles. The molecule has 0 saturated heterocycles. The van der Waals surface area contributed by atoms with Crippen LogP contribution >= 0.6 is 27.5 Å². The van der Waals surface area contributed by atoms with Crippen molar-refractivity contribution in [3.05, 3.63) is 51.6 Å². The van der Waals surface area contributed by atoms with Crippen LogP contribution in [0.4, 0.5) is 5.82 Å². The highest BCUT2D eigenvalue weighted by Crippen LogP contribution is 2.28. The molecule has 0 unspecified atom stereocenters. The Balaban J connectivity index is 2.03. The van der Waals surface area contributed by atoms with E-state index in [0.717, 1.165) is 22.4 Å². The van der Waals surface area contributed by atoms with Crippen molar-refractivity contribution in [1.29, 1.82) is 0 Å². The summed E-state index contributed by atoms with van der Waals surface area (Å²) in [6, 6.07) is 9.45. The first-order valence-corrected chi connectivity index (χ1v) is 7.13. The number of hydrogen-bond acceptors (Lipinski definition) is 3. The van der Waals surface area contributed by atoms with Crippen molar-refractivity contribution < 1.29 is 4.74 Å². The maximum atomic E-state index is 6.10. The molecule has 0 bridgehead atoms. The molecule has 0 amide bonds. The predicted molar refractivity (Wildman–Crippen MR) is 81.9 cm³/mol. The lowest BCUT2D eigenvalue weighted by molar-refractivity contribution is 0.306. The van der Waals surface area contributed by atoms with Crippen molar-refractivity contribution in [3.63, 3.8) is 0 Å². The molecule has 19 heavy (non-hydrogen) atoms. The molecule has 2 aromatic rings. The quantitative estimate of drug-likeness (QED) is 0.869. The Bertz CT molecular complexity index is 563. The summed E-state index contributed by atoms with van der Waals surface area (Å²) in [5.41, 5.74) is 1.05. The molecule has 1 N–H and O–H groups in total. The van der Waals surface area contributed by atoms with Crippen molar-refractivity contribution in [2.24, 2.45) is 0 Å². The number of anilines is 1. The van der Waals surface area contributed by atoms with E-state index >= 15 is 0 Å². The second-order valence-electron chi connectivity index (χ2n) is 3.94. The van der Waals surface area contributed by atoms with Crippen LogP contribution in [-0.2, 0) is 6.61 Å². The van der Waals surface area contributed by atoms with Crippen LogP contribution in [0.5, 0.6) is 5.75 Å². The van der Waals surface area contributed by atoms with Crippen LogP contribution in [0.1, 0.15) is 12.5 Å². The lowest BCUT2D eigenvalue weighted by atomic mass is 10.2. The van der Waals surface area contributed by atoms with E-state index in [1.54, 1.807) is 6.20 Å². The molecule has 1 aromatic heterocycles. The van der Waals surface area contributed by atoms with Gasteiger partial charge in [-0.2, -0.15) is 0 Å². The highest BCUT2D eigenvalue weighted by atomic mass is 79.9. The number of halogens is 2. The first-order chi connectivity index (χ1) is 9.19. The zero-order valence-corrected chi connectivity index (χ0v) is 12.8. The van der Waals surface area contributed by atoms with Gasteiger partial charge in [0.25, 0.3) is 0 Å². The molecular weight excluding hydrogens is 328 g/mol. The molecule has 0 aliphatic heterocycles. The monoisotopic (exact) mass is 340 g/mol. The first kappa shape index (κ1) is 14.2. The first-order valence-electron chi connectivity index (χ1n) is 5.95.